The molecule has 2 aromatic rings. The molecule has 3 rings (SSSR count). The van der Waals surface area contributed by atoms with Gasteiger partial charge < -0.3 is 9.42 Å². The Kier molecular flexibility index (Phi) is 5.60. The predicted molar refractivity (Wildman–Crippen MR) is 99.4 cm³/mol. The van der Waals surface area contributed by atoms with E-state index in [1.807, 2.05) is 32.6 Å². The third-order valence-corrected chi connectivity index (χ3v) is 5.06. The van der Waals surface area contributed by atoms with E-state index < -0.39 is 11.7 Å². The molecule has 0 aromatic carbocycles. The van der Waals surface area contributed by atoms with Gasteiger partial charge >= 0.3 is 6.18 Å². The minimum Gasteiger partial charge on any atom is -0.353 e. The van der Waals surface area contributed by atoms with Gasteiger partial charge in [-0.3, -0.25) is 4.90 Å². The standard InChI is InChI=1S/C18H23ClF3N5O/c1-11(15-24-16(25-28-15)17(2,3)4)26-5-7-27(8-6-26)14-13(19)9-12(10-23-14)18(20,21)22/h9-11H,5-8H2,1-4H3/t11-/m1/s1. The van der Waals surface area contributed by atoms with E-state index in [0.717, 1.165) is 12.3 Å². The van der Waals surface area contributed by atoms with Crippen LogP contribution in [0, 0.1) is 0 Å². The van der Waals surface area contributed by atoms with Crippen molar-refractivity contribution in [3.63, 3.8) is 0 Å². The van der Waals surface area contributed by atoms with Gasteiger partial charge in [0.2, 0.25) is 5.89 Å². The van der Waals surface area contributed by atoms with Crippen molar-refractivity contribution in [2.45, 2.75) is 45.3 Å². The Morgan fingerprint density at radius 3 is 2.29 bits per heavy atom. The first-order valence-electron chi connectivity index (χ1n) is 9.02. The Hall–Kier alpha value is -1.87. The van der Waals surface area contributed by atoms with Gasteiger partial charge in [0.1, 0.15) is 5.82 Å². The molecule has 0 aliphatic carbocycles. The molecule has 6 nitrogen and oxygen atoms in total. The smallest absolute Gasteiger partial charge is 0.353 e. The molecule has 0 saturated carbocycles. The fraction of sp³-hybridized carbons (Fsp3) is 0.611. The molecule has 2 aromatic heterocycles. The summed E-state index contributed by atoms with van der Waals surface area (Å²) >= 11 is 6.06. The molecule has 3 heterocycles. The zero-order valence-electron chi connectivity index (χ0n) is 16.2. The summed E-state index contributed by atoms with van der Waals surface area (Å²) in [4.78, 5) is 12.5. The molecule has 0 radical (unpaired) electrons. The molecule has 1 aliphatic heterocycles. The number of pyridine rings is 1. The zero-order chi connectivity index (χ0) is 20.7. The summed E-state index contributed by atoms with van der Waals surface area (Å²) in [6.07, 6.45) is -3.64. The van der Waals surface area contributed by atoms with Crippen molar-refractivity contribution >= 4 is 17.4 Å². The van der Waals surface area contributed by atoms with E-state index in [2.05, 4.69) is 20.0 Å². The van der Waals surface area contributed by atoms with Crippen molar-refractivity contribution in [1.29, 1.82) is 0 Å². The number of hydrogen-bond donors (Lipinski definition) is 0. The second-order valence-electron chi connectivity index (χ2n) is 7.93. The van der Waals surface area contributed by atoms with Crippen LogP contribution < -0.4 is 4.90 Å². The van der Waals surface area contributed by atoms with Crippen molar-refractivity contribution in [2.75, 3.05) is 31.1 Å². The van der Waals surface area contributed by atoms with Crippen LogP contribution in [-0.2, 0) is 11.6 Å². The predicted octanol–water partition coefficient (Wildman–Crippen LogP) is 4.32. The van der Waals surface area contributed by atoms with Crippen LogP contribution in [0.5, 0.6) is 0 Å². The highest BCUT2D eigenvalue weighted by atomic mass is 35.5. The molecule has 0 amide bonds. The monoisotopic (exact) mass is 417 g/mol. The molecule has 1 aliphatic rings. The summed E-state index contributed by atoms with van der Waals surface area (Å²) in [5, 5.41) is 4.07. The second-order valence-corrected chi connectivity index (χ2v) is 8.34. The highest BCUT2D eigenvalue weighted by Crippen LogP contribution is 2.34. The van der Waals surface area contributed by atoms with E-state index >= 15 is 0 Å². The third-order valence-electron chi connectivity index (χ3n) is 4.78. The number of aromatic nitrogens is 3. The quantitative estimate of drug-likeness (QED) is 0.741. The Labute approximate surface area is 166 Å². The molecule has 0 bridgehead atoms. The van der Waals surface area contributed by atoms with Crippen molar-refractivity contribution in [1.82, 2.24) is 20.0 Å². The average Bonchev–Trinajstić information content (AvgIpc) is 3.11. The minimum atomic E-state index is -4.46. The Morgan fingerprint density at radius 2 is 1.79 bits per heavy atom. The van der Waals surface area contributed by atoms with Gasteiger partial charge in [-0.1, -0.05) is 37.5 Å². The molecule has 1 atom stereocenters. The van der Waals surface area contributed by atoms with Crippen molar-refractivity contribution in [2.24, 2.45) is 0 Å². The van der Waals surface area contributed by atoms with Gasteiger partial charge in [0, 0.05) is 37.8 Å². The molecular formula is C18H23ClF3N5O. The molecular weight excluding hydrogens is 395 g/mol. The van der Waals surface area contributed by atoms with Gasteiger partial charge in [0.05, 0.1) is 16.6 Å². The SMILES string of the molecule is C[C@H](c1nc(C(C)(C)C)no1)N1CCN(c2ncc(C(F)(F)F)cc2Cl)CC1. The van der Waals surface area contributed by atoms with E-state index in [4.69, 9.17) is 16.1 Å². The maximum absolute atomic E-state index is 12.8. The Balaban J connectivity index is 1.65. The fourth-order valence-electron chi connectivity index (χ4n) is 3.01. The van der Waals surface area contributed by atoms with Gasteiger partial charge in [-0.05, 0) is 13.0 Å². The Bertz CT molecular complexity index is 825. The van der Waals surface area contributed by atoms with Crippen LogP contribution in [0.1, 0.15) is 51.0 Å². The Morgan fingerprint density at radius 1 is 1.14 bits per heavy atom. The summed E-state index contributed by atoms with van der Waals surface area (Å²) in [5.41, 5.74) is -1.04. The fourth-order valence-corrected chi connectivity index (χ4v) is 3.29. The third kappa shape index (κ3) is 4.41. The molecule has 0 unspecified atom stereocenters. The maximum Gasteiger partial charge on any atom is 0.417 e. The number of nitrogens with zero attached hydrogens (tertiary/aromatic N) is 5. The first-order chi connectivity index (χ1) is 13.0. The van der Waals surface area contributed by atoms with Gasteiger partial charge in [0.25, 0.3) is 0 Å². The molecule has 0 N–H and O–H groups in total. The van der Waals surface area contributed by atoms with E-state index in [1.165, 1.54) is 0 Å². The van der Waals surface area contributed by atoms with Crippen LogP contribution in [0.25, 0.3) is 0 Å². The summed E-state index contributed by atoms with van der Waals surface area (Å²) < 4.78 is 43.8. The zero-order valence-corrected chi connectivity index (χ0v) is 17.0. The van der Waals surface area contributed by atoms with Crippen LogP contribution in [-0.4, -0.2) is 46.2 Å². The lowest BCUT2D eigenvalue weighted by Gasteiger charge is -2.37. The van der Waals surface area contributed by atoms with Crippen molar-refractivity contribution in [3.8, 4) is 0 Å². The molecule has 0 spiro atoms. The first-order valence-corrected chi connectivity index (χ1v) is 9.40. The van der Waals surface area contributed by atoms with Crippen LogP contribution in [0.2, 0.25) is 5.02 Å². The first kappa shape index (κ1) is 20.9. The molecule has 1 fully saturated rings. The number of hydrogen-bond acceptors (Lipinski definition) is 6. The van der Waals surface area contributed by atoms with Gasteiger partial charge in [0.15, 0.2) is 5.82 Å². The lowest BCUT2D eigenvalue weighted by molar-refractivity contribution is -0.137. The number of halogens is 4. The van der Waals surface area contributed by atoms with Crippen molar-refractivity contribution < 1.29 is 17.7 Å². The van der Waals surface area contributed by atoms with E-state index in [9.17, 15) is 13.2 Å². The number of anilines is 1. The summed E-state index contributed by atoms with van der Waals surface area (Å²) in [6, 6.07) is 0.868. The minimum absolute atomic E-state index is 0.00282. The molecule has 10 heteroatoms. The highest BCUT2D eigenvalue weighted by Gasteiger charge is 2.33. The van der Waals surface area contributed by atoms with Crippen LogP contribution in [0.4, 0.5) is 19.0 Å². The average molecular weight is 418 g/mol. The van der Waals surface area contributed by atoms with Crippen LogP contribution in [0.15, 0.2) is 16.8 Å². The van der Waals surface area contributed by atoms with Gasteiger partial charge in [-0.2, -0.15) is 18.2 Å². The van der Waals surface area contributed by atoms with E-state index in [0.29, 0.717) is 43.7 Å². The summed E-state index contributed by atoms with van der Waals surface area (Å²) in [6.45, 7) is 10.6. The van der Waals surface area contributed by atoms with Gasteiger partial charge in [-0.15, -0.1) is 0 Å². The topological polar surface area (TPSA) is 58.3 Å². The normalized spacial score (nSPS) is 17.8. The number of rotatable bonds is 3. The lowest BCUT2D eigenvalue weighted by atomic mass is 9.96. The van der Waals surface area contributed by atoms with Crippen LogP contribution in [0.3, 0.4) is 0 Å². The van der Waals surface area contributed by atoms with Crippen LogP contribution >= 0.6 is 11.6 Å². The molecule has 1 saturated heterocycles. The second kappa shape index (κ2) is 7.51. The van der Waals surface area contributed by atoms with Crippen molar-refractivity contribution in [3.05, 3.63) is 34.6 Å². The molecule has 28 heavy (non-hydrogen) atoms. The number of alkyl halides is 3. The lowest BCUT2D eigenvalue weighted by Crippen LogP contribution is -2.47. The number of piperazine rings is 1. The van der Waals surface area contributed by atoms with E-state index in [-0.39, 0.29) is 16.5 Å². The molecule has 154 valence electrons. The largest absolute Gasteiger partial charge is 0.417 e. The summed E-state index contributed by atoms with van der Waals surface area (Å²) in [5.74, 6) is 1.59. The highest BCUT2D eigenvalue weighted by molar-refractivity contribution is 6.33. The van der Waals surface area contributed by atoms with Gasteiger partial charge in [-0.25, -0.2) is 4.98 Å². The maximum atomic E-state index is 12.8. The summed E-state index contributed by atoms with van der Waals surface area (Å²) in [7, 11) is 0. The van der Waals surface area contributed by atoms with E-state index in [1.54, 1.807) is 0 Å².